The average molecular weight is 313 g/mol. The largest absolute Gasteiger partial charge is 0.377 e. The molecule has 90 valence electrons. The Morgan fingerprint density at radius 3 is 3.18 bits per heavy atom. The summed E-state index contributed by atoms with van der Waals surface area (Å²) in [4.78, 5) is 7.05. The molecular formula is C12H13BrN2OS. The van der Waals surface area contributed by atoms with Gasteiger partial charge in [-0.1, -0.05) is 39.4 Å². The maximum absolute atomic E-state index is 5.50. The first-order valence-electron chi connectivity index (χ1n) is 5.64. The SMILES string of the molecule is BrCC1COCCN1c1nc2ccccc2s1. The smallest absolute Gasteiger partial charge is 0.186 e. The molecule has 2 heterocycles. The Balaban J connectivity index is 1.96. The van der Waals surface area contributed by atoms with Gasteiger partial charge in [0.1, 0.15) is 0 Å². The van der Waals surface area contributed by atoms with E-state index in [9.17, 15) is 0 Å². The van der Waals surface area contributed by atoms with E-state index in [4.69, 9.17) is 9.72 Å². The Bertz CT molecular complexity index is 483. The summed E-state index contributed by atoms with van der Waals surface area (Å²) in [6, 6.07) is 8.68. The molecule has 17 heavy (non-hydrogen) atoms. The summed E-state index contributed by atoms with van der Waals surface area (Å²) in [6.45, 7) is 2.50. The Morgan fingerprint density at radius 2 is 2.35 bits per heavy atom. The first-order chi connectivity index (χ1) is 8.38. The molecule has 1 aliphatic rings. The van der Waals surface area contributed by atoms with E-state index in [0.29, 0.717) is 6.04 Å². The summed E-state index contributed by atoms with van der Waals surface area (Å²) < 4.78 is 6.76. The molecule has 0 spiro atoms. The quantitative estimate of drug-likeness (QED) is 0.797. The van der Waals surface area contributed by atoms with Crippen molar-refractivity contribution in [1.29, 1.82) is 0 Å². The number of hydrogen-bond donors (Lipinski definition) is 0. The molecule has 5 heteroatoms. The summed E-state index contributed by atoms with van der Waals surface area (Å²) in [5.41, 5.74) is 1.09. The molecular weight excluding hydrogens is 300 g/mol. The molecule has 1 fully saturated rings. The highest BCUT2D eigenvalue weighted by atomic mass is 79.9. The second-order valence-corrected chi connectivity index (χ2v) is 5.70. The number of anilines is 1. The van der Waals surface area contributed by atoms with Crippen molar-refractivity contribution in [3.8, 4) is 0 Å². The molecule has 0 amide bonds. The molecule has 0 N–H and O–H groups in total. The lowest BCUT2D eigenvalue weighted by molar-refractivity contribution is 0.100. The fourth-order valence-corrected chi connectivity index (χ4v) is 3.62. The average Bonchev–Trinajstić information content (AvgIpc) is 2.82. The summed E-state index contributed by atoms with van der Waals surface area (Å²) in [5.74, 6) is 0. The standard InChI is InChI=1S/C12H13BrN2OS/c13-7-9-8-16-6-5-15(9)12-14-10-3-1-2-4-11(10)17-12/h1-4,9H,5-8H2. The molecule has 1 saturated heterocycles. The minimum atomic E-state index is 0.393. The summed E-state index contributed by atoms with van der Waals surface area (Å²) >= 11 is 5.31. The number of rotatable bonds is 2. The molecule has 3 rings (SSSR count). The molecule has 1 aliphatic heterocycles. The predicted octanol–water partition coefficient (Wildman–Crippen LogP) is 2.90. The van der Waals surface area contributed by atoms with Gasteiger partial charge in [-0.2, -0.15) is 0 Å². The van der Waals surface area contributed by atoms with Crippen LogP contribution in [0.4, 0.5) is 5.13 Å². The van der Waals surface area contributed by atoms with Crippen LogP contribution in [0.2, 0.25) is 0 Å². The minimum absolute atomic E-state index is 0.393. The fraction of sp³-hybridized carbons (Fsp3) is 0.417. The highest BCUT2D eigenvalue weighted by molar-refractivity contribution is 9.09. The van der Waals surface area contributed by atoms with Crippen molar-refractivity contribution in [3.05, 3.63) is 24.3 Å². The van der Waals surface area contributed by atoms with E-state index in [1.165, 1.54) is 4.70 Å². The lowest BCUT2D eigenvalue weighted by Gasteiger charge is -2.34. The third-order valence-electron chi connectivity index (χ3n) is 2.93. The number of thiazole rings is 1. The third-order valence-corrected chi connectivity index (χ3v) is 4.75. The molecule has 0 saturated carbocycles. The van der Waals surface area contributed by atoms with Crippen LogP contribution in [0.5, 0.6) is 0 Å². The maximum atomic E-state index is 5.50. The maximum Gasteiger partial charge on any atom is 0.186 e. The fourth-order valence-electron chi connectivity index (χ4n) is 2.02. The first-order valence-corrected chi connectivity index (χ1v) is 7.58. The highest BCUT2D eigenvalue weighted by Gasteiger charge is 2.24. The summed E-state index contributed by atoms with van der Waals surface area (Å²) in [6.07, 6.45) is 0. The van der Waals surface area contributed by atoms with Crippen LogP contribution in [0.3, 0.4) is 0 Å². The zero-order valence-electron chi connectivity index (χ0n) is 9.30. The van der Waals surface area contributed by atoms with E-state index in [1.54, 1.807) is 11.3 Å². The second-order valence-electron chi connectivity index (χ2n) is 4.04. The van der Waals surface area contributed by atoms with Crippen molar-refractivity contribution in [2.75, 3.05) is 30.0 Å². The molecule has 3 nitrogen and oxygen atoms in total. The minimum Gasteiger partial charge on any atom is -0.377 e. The number of halogens is 1. The van der Waals surface area contributed by atoms with Crippen LogP contribution in [0.1, 0.15) is 0 Å². The number of alkyl halides is 1. The Kier molecular flexibility index (Phi) is 3.31. The van der Waals surface area contributed by atoms with E-state index < -0.39 is 0 Å². The summed E-state index contributed by atoms with van der Waals surface area (Å²) in [5, 5.41) is 2.03. The molecule has 1 atom stereocenters. The topological polar surface area (TPSA) is 25.4 Å². The summed E-state index contributed by atoms with van der Waals surface area (Å²) in [7, 11) is 0. The van der Waals surface area contributed by atoms with Crippen LogP contribution in [-0.4, -0.2) is 36.1 Å². The lowest BCUT2D eigenvalue weighted by atomic mass is 10.3. The Hall–Kier alpha value is -0.650. The molecule has 0 aliphatic carbocycles. The zero-order valence-corrected chi connectivity index (χ0v) is 11.7. The van der Waals surface area contributed by atoms with Gasteiger partial charge in [0.05, 0.1) is 29.5 Å². The van der Waals surface area contributed by atoms with Gasteiger partial charge in [-0.15, -0.1) is 0 Å². The van der Waals surface area contributed by atoms with E-state index in [-0.39, 0.29) is 0 Å². The van der Waals surface area contributed by atoms with Crippen LogP contribution < -0.4 is 4.90 Å². The van der Waals surface area contributed by atoms with Gasteiger partial charge in [-0.05, 0) is 12.1 Å². The highest BCUT2D eigenvalue weighted by Crippen LogP contribution is 2.30. The van der Waals surface area contributed by atoms with Crippen LogP contribution in [-0.2, 0) is 4.74 Å². The van der Waals surface area contributed by atoms with Gasteiger partial charge in [0, 0.05) is 11.9 Å². The van der Waals surface area contributed by atoms with Gasteiger partial charge in [-0.3, -0.25) is 0 Å². The van der Waals surface area contributed by atoms with Gasteiger partial charge in [0.2, 0.25) is 0 Å². The molecule has 1 aromatic heterocycles. The van der Waals surface area contributed by atoms with E-state index in [1.807, 2.05) is 6.07 Å². The van der Waals surface area contributed by atoms with Crippen molar-refractivity contribution < 1.29 is 4.74 Å². The molecule has 0 bridgehead atoms. The van der Waals surface area contributed by atoms with Crippen molar-refractivity contribution >= 4 is 42.6 Å². The Labute approximate surface area is 113 Å². The van der Waals surface area contributed by atoms with Crippen LogP contribution in [0.15, 0.2) is 24.3 Å². The third kappa shape index (κ3) is 2.19. The number of nitrogens with zero attached hydrogens (tertiary/aromatic N) is 2. The Morgan fingerprint density at radius 1 is 1.47 bits per heavy atom. The molecule has 0 radical (unpaired) electrons. The van der Waals surface area contributed by atoms with Gasteiger partial charge in [-0.25, -0.2) is 4.98 Å². The zero-order chi connectivity index (χ0) is 11.7. The number of hydrogen-bond acceptors (Lipinski definition) is 4. The molecule has 1 aromatic carbocycles. The number of aromatic nitrogens is 1. The van der Waals surface area contributed by atoms with E-state index in [0.717, 1.165) is 35.7 Å². The lowest BCUT2D eigenvalue weighted by Crippen LogP contribution is -2.46. The second kappa shape index (κ2) is 4.92. The van der Waals surface area contributed by atoms with Gasteiger partial charge < -0.3 is 9.64 Å². The monoisotopic (exact) mass is 312 g/mol. The van der Waals surface area contributed by atoms with Crippen molar-refractivity contribution in [3.63, 3.8) is 0 Å². The number of benzene rings is 1. The first kappa shape index (κ1) is 11.4. The number of ether oxygens (including phenoxy) is 1. The van der Waals surface area contributed by atoms with Crippen LogP contribution >= 0.6 is 27.3 Å². The van der Waals surface area contributed by atoms with Crippen LogP contribution in [0.25, 0.3) is 10.2 Å². The molecule has 1 unspecified atom stereocenters. The number of morpholine rings is 1. The number of fused-ring (bicyclic) bond motifs is 1. The number of para-hydroxylation sites is 1. The van der Waals surface area contributed by atoms with Crippen molar-refractivity contribution in [2.45, 2.75) is 6.04 Å². The van der Waals surface area contributed by atoms with Crippen molar-refractivity contribution in [1.82, 2.24) is 4.98 Å². The van der Waals surface area contributed by atoms with Gasteiger partial charge in [0.15, 0.2) is 5.13 Å². The molecule has 2 aromatic rings. The van der Waals surface area contributed by atoms with Crippen LogP contribution in [0, 0.1) is 0 Å². The van der Waals surface area contributed by atoms with Gasteiger partial charge in [0.25, 0.3) is 0 Å². The predicted molar refractivity (Wildman–Crippen MR) is 75.4 cm³/mol. The van der Waals surface area contributed by atoms with Crippen molar-refractivity contribution in [2.24, 2.45) is 0 Å². The van der Waals surface area contributed by atoms with Gasteiger partial charge >= 0.3 is 0 Å². The normalized spacial score (nSPS) is 21.0. The van der Waals surface area contributed by atoms with E-state index >= 15 is 0 Å². The van der Waals surface area contributed by atoms with E-state index in [2.05, 4.69) is 39.0 Å².